The minimum atomic E-state index is 0.206. The van der Waals surface area contributed by atoms with Crippen LogP contribution in [-0.4, -0.2) is 65.9 Å². The number of nitrogens with zero attached hydrogens (tertiary/aromatic N) is 3. The van der Waals surface area contributed by atoms with Crippen molar-refractivity contribution < 1.29 is 4.79 Å². The molecule has 1 aromatic carbocycles. The van der Waals surface area contributed by atoms with Crippen LogP contribution in [0.25, 0.3) is 0 Å². The van der Waals surface area contributed by atoms with E-state index in [0.29, 0.717) is 6.04 Å². The first-order valence-electron chi connectivity index (χ1n) is 9.65. The summed E-state index contributed by atoms with van der Waals surface area (Å²) in [5, 5.41) is 0.793. The zero-order chi connectivity index (χ0) is 18.8. The average Bonchev–Trinajstić information content (AvgIpc) is 3.33. The molecule has 27 heavy (non-hydrogen) atoms. The molecular formula is C21H26ClN3OS. The van der Waals surface area contributed by atoms with E-state index < -0.39 is 0 Å². The topological polar surface area (TPSA) is 26.8 Å². The molecule has 0 bridgehead atoms. The fraction of sp³-hybridized carbons (Fsp3) is 0.476. The molecule has 3 heterocycles. The Morgan fingerprint density at radius 1 is 1.07 bits per heavy atom. The molecule has 4 rings (SSSR count). The molecule has 1 atom stereocenters. The number of halogens is 1. The number of hydrogen-bond acceptors (Lipinski definition) is 4. The molecule has 1 aromatic heterocycles. The Bertz CT molecular complexity index is 783. The van der Waals surface area contributed by atoms with Gasteiger partial charge in [0.2, 0.25) is 0 Å². The van der Waals surface area contributed by atoms with Crippen LogP contribution in [0, 0.1) is 6.92 Å². The van der Waals surface area contributed by atoms with Crippen LogP contribution in [0.5, 0.6) is 0 Å². The molecule has 0 aliphatic carbocycles. The summed E-state index contributed by atoms with van der Waals surface area (Å²) >= 11 is 7.57. The SMILES string of the molecule is Cc1ccc(C(=O)N2CCC(N3CCN(Cc4ccc(Cl)cc4)CC3)C2)s1. The van der Waals surface area contributed by atoms with Crippen LogP contribution in [0.3, 0.4) is 0 Å². The minimum absolute atomic E-state index is 0.206. The van der Waals surface area contributed by atoms with E-state index in [1.165, 1.54) is 10.4 Å². The third kappa shape index (κ3) is 4.54. The Labute approximate surface area is 170 Å². The molecule has 2 saturated heterocycles. The first-order valence-corrected chi connectivity index (χ1v) is 10.8. The molecule has 144 valence electrons. The van der Waals surface area contributed by atoms with Crippen molar-refractivity contribution >= 4 is 28.8 Å². The normalized spacial score (nSPS) is 21.7. The van der Waals surface area contributed by atoms with Gasteiger partial charge in [0.05, 0.1) is 4.88 Å². The molecule has 2 fully saturated rings. The Hall–Kier alpha value is -1.40. The molecule has 2 aromatic rings. The molecule has 4 nitrogen and oxygen atoms in total. The van der Waals surface area contributed by atoms with Crippen LogP contribution in [-0.2, 0) is 6.54 Å². The van der Waals surface area contributed by atoms with E-state index in [2.05, 4.69) is 28.9 Å². The monoisotopic (exact) mass is 403 g/mol. The number of likely N-dealkylation sites (tertiary alicyclic amines) is 1. The molecule has 2 aliphatic rings. The van der Waals surface area contributed by atoms with Crippen LogP contribution in [0.4, 0.5) is 0 Å². The van der Waals surface area contributed by atoms with Crippen LogP contribution in [0.15, 0.2) is 36.4 Å². The minimum Gasteiger partial charge on any atom is -0.336 e. The number of carbonyl (C=O) groups excluding carboxylic acids is 1. The quantitative estimate of drug-likeness (QED) is 0.778. The van der Waals surface area contributed by atoms with Crippen molar-refractivity contribution in [3.05, 3.63) is 56.7 Å². The van der Waals surface area contributed by atoms with E-state index in [1.54, 1.807) is 11.3 Å². The van der Waals surface area contributed by atoms with Crippen LogP contribution in [0.2, 0.25) is 5.02 Å². The summed E-state index contributed by atoms with van der Waals surface area (Å²) in [5.41, 5.74) is 1.32. The predicted molar refractivity (Wildman–Crippen MR) is 112 cm³/mol. The highest BCUT2D eigenvalue weighted by Crippen LogP contribution is 2.23. The molecule has 0 saturated carbocycles. The summed E-state index contributed by atoms with van der Waals surface area (Å²) in [5.74, 6) is 0.206. The number of aryl methyl sites for hydroxylation is 1. The van der Waals surface area contributed by atoms with Gasteiger partial charge >= 0.3 is 0 Å². The van der Waals surface area contributed by atoms with Gasteiger partial charge in [-0.25, -0.2) is 0 Å². The molecule has 1 unspecified atom stereocenters. The fourth-order valence-corrected chi connectivity index (χ4v) is 5.03. The van der Waals surface area contributed by atoms with Gasteiger partial charge in [-0.2, -0.15) is 0 Å². The third-order valence-corrected chi connectivity index (χ3v) is 6.89. The van der Waals surface area contributed by atoms with E-state index in [-0.39, 0.29) is 5.91 Å². The second-order valence-electron chi connectivity index (χ2n) is 7.54. The van der Waals surface area contributed by atoms with E-state index in [1.807, 2.05) is 29.2 Å². The Balaban J connectivity index is 1.26. The highest BCUT2D eigenvalue weighted by molar-refractivity contribution is 7.13. The van der Waals surface area contributed by atoms with E-state index in [9.17, 15) is 4.79 Å². The van der Waals surface area contributed by atoms with Gasteiger partial charge in [0, 0.05) is 61.8 Å². The number of amides is 1. The summed E-state index contributed by atoms with van der Waals surface area (Å²) in [6.45, 7) is 9.11. The lowest BCUT2D eigenvalue weighted by molar-refractivity contribution is 0.0738. The Morgan fingerprint density at radius 3 is 2.48 bits per heavy atom. The number of thiophene rings is 1. The maximum Gasteiger partial charge on any atom is 0.263 e. The number of hydrogen-bond donors (Lipinski definition) is 0. The molecule has 0 N–H and O–H groups in total. The predicted octanol–water partition coefficient (Wildman–Crippen LogP) is 3.74. The van der Waals surface area contributed by atoms with Gasteiger partial charge in [-0.05, 0) is 43.2 Å². The summed E-state index contributed by atoms with van der Waals surface area (Å²) in [7, 11) is 0. The zero-order valence-electron chi connectivity index (χ0n) is 15.7. The van der Waals surface area contributed by atoms with Gasteiger partial charge in [-0.1, -0.05) is 23.7 Å². The Morgan fingerprint density at radius 2 is 1.81 bits per heavy atom. The van der Waals surface area contributed by atoms with Crippen molar-refractivity contribution in [2.75, 3.05) is 39.3 Å². The van der Waals surface area contributed by atoms with Crippen molar-refractivity contribution in [1.29, 1.82) is 0 Å². The van der Waals surface area contributed by atoms with Gasteiger partial charge in [0.15, 0.2) is 0 Å². The molecule has 6 heteroatoms. The lowest BCUT2D eigenvalue weighted by Gasteiger charge is -2.38. The van der Waals surface area contributed by atoms with Crippen LogP contribution in [0.1, 0.15) is 26.5 Å². The van der Waals surface area contributed by atoms with Crippen LogP contribution < -0.4 is 0 Å². The van der Waals surface area contributed by atoms with E-state index in [4.69, 9.17) is 11.6 Å². The number of piperazine rings is 1. The first-order chi connectivity index (χ1) is 13.1. The van der Waals surface area contributed by atoms with Crippen molar-refractivity contribution in [3.8, 4) is 0 Å². The highest BCUT2D eigenvalue weighted by Gasteiger charge is 2.32. The number of rotatable bonds is 4. The fourth-order valence-electron chi connectivity index (χ4n) is 4.06. The molecule has 1 amide bonds. The van der Waals surface area contributed by atoms with E-state index >= 15 is 0 Å². The number of benzene rings is 1. The highest BCUT2D eigenvalue weighted by atomic mass is 35.5. The molecule has 0 spiro atoms. The van der Waals surface area contributed by atoms with Crippen molar-refractivity contribution in [3.63, 3.8) is 0 Å². The summed E-state index contributed by atoms with van der Waals surface area (Å²) in [6.07, 6.45) is 1.09. The van der Waals surface area contributed by atoms with Gasteiger partial charge in [-0.3, -0.25) is 14.6 Å². The molecule has 2 aliphatic heterocycles. The maximum absolute atomic E-state index is 12.7. The second-order valence-corrected chi connectivity index (χ2v) is 9.27. The summed E-state index contributed by atoms with van der Waals surface area (Å²) in [4.78, 5) is 21.9. The summed E-state index contributed by atoms with van der Waals surface area (Å²) in [6, 6.07) is 12.7. The van der Waals surface area contributed by atoms with Gasteiger partial charge in [0.1, 0.15) is 0 Å². The molecular weight excluding hydrogens is 378 g/mol. The molecule has 0 radical (unpaired) electrons. The zero-order valence-corrected chi connectivity index (χ0v) is 17.3. The van der Waals surface area contributed by atoms with Gasteiger partial charge < -0.3 is 4.90 Å². The second kappa shape index (κ2) is 8.31. The van der Waals surface area contributed by atoms with Crippen LogP contribution >= 0.6 is 22.9 Å². The third-order valence-electron chi connectivity index (χ3n) is 5.64. The van der Waals surface area contributed by atoms with Gasteiger partial charge in [-0.15, -0.1) is 11.3 Å². The standard InChI is InChI=1S/C21H26ClN3OS/c1-16-2-7-20(27-16)21(26)25-9-8-19(15-25)24-12-10-23(11-13-24)14-17-3-5-18(22)6-4-17/h2-7,19H,8-15H2,1H3. The Kier molecular flexibility index (Phi) is 5.83. The largest absolute Gasteiger partial charge is 0.336 e. The maximum atomic E-state index is 12.7. The van der Waals surface area contributed by atoms with Gasteiger partial charge in [0.25, 0.3) is 5.91 Å². The lowest BCUT2D eigenvalue weighted by atomic mass is 10.1. The van der Waals surface area contributed by atoms with Crippen molar-refractivity contribution in [2.24, 2.45) is 0 Å². The van der Waals surface area contributed by atoms with E-state index in [0.717, 1.165) is 62.1 Å². The number of carbonyl (C=O) groups is 1. The average molecular weight is 404 g/mol. The first kappa shape index (κ1) is 18.9. The lowest BCUT2D eigenvalue weighted by Crippen LogP contribution is -2.50. The summed E-state index contributed by atoms with van der Waals surface area (Å²) < 4.78 is 0. The van der Waals surface area contributed by atoms with Crippen molar-refractivity contribution in [2.45, 2.75) is 25.9 Å². The van der Waals surface area contributed by atoms with Crippen molar-refractivity contribution in [1.82, 2.24) is 14.7 Å². The smallest absolute Gasteiger partial charge is 0.263 e.